The SMILES string of the molecule is COc1ccc(CN(C(=O)C(=O)c2ccccc2)c2cccc3c2COC3=O)cc1. The lowest BCUT2D eigenvalue weighted by atomic mass is 10.0. The van der Waals surface area contributed by atoms with Crippen LogP contribution >= 0.6 is 0 Å². The summed E-state index contributed by atoms with van der Waals surface area (Å²) in [6.07, 6.45) is 0. The molecule has 4 rings (SSSR count). The highest BCUT2D eigenvalue weighted by atomic mass is 16.5. The smallest absolute Gasteiger partial charge is 0.338 e. The Hall–Kier alpha value is -3.93. The van der Waals surface area contributed by atoms with Crippen LogP contribution in [0.25, 0.3) is 0 Å². The Morgan fingerprint density at radius 2 is 1.70 bits per heavy atom. The highest BCUT2D eigenvalue weighted by molar-refractivity contribution is 6.47. The molecular formula is C24H19NO5. The summed E-state index contributed by atoms with van der Waals surface area (Å²) < 4.78 is 10.3. The van der Waals surface area contributed by atoms with E-state index in [1.54, 1.807) is 67.8 Å². The van der Waals surface area contributed by atoms with E-state index in [-0.39, 0.29) is 13.2 Å². The van der Waals surface area contributed by atoms with Crippen molar-refractivity contribution in [2.75, 3.05) is 12.0 Å². The fourth-order valence-corrected chi connectivity index (χ4v) is 3.40. The number of hydrogen-bond donors (Lipinski definition) is 0. The van der Waals surface area contributed by atoms with Gasteiger partial charge in [0.1, 0.15) is 12.4 Å². The number of methoxy groups -OCH3 is 1. The summed E-state index contributed by atoms with van der Waals surface area (Å²) in [5, 5.41) is 0. The van der Waals surface area contributed by atoms with Crippen molar-refractivity contribution < 1.29 is 23.9 Å². The number of benzene rings is 3. The maximum Gasteiger partial charge on any atom is 0.338 e. The average molecular weight is 401 g/mol. The molecule has 0 saturated heterocycles. The number of carbonyl (C=O) groups excluding carboxylic acids is 3. The fraction of sp³-hybridized carbons (Fsp3) is 0.125. The number of nitrogens with zero attached hydrogens (tertiary/aromatic N) is 1. The minimum atomic E-state index is -0.676. The number of ketones is 1. The van der Waals surface area contributed by atoms with Crippen LogP contribution in [0.4, 0.5) is 5.69 Å². The van der Waals surface area contributed by atoms with Crippen LogP contribution in [-0.2, 0) is 22.7 Å². The fourth-order valence-electron chi connectivity index (χ4n) is 3.40. The molecule has 0 saturated carbocycles. The zero-order chi connectivity index (χ0) is 21.1. The van der Waals surface area contributed by atoms with E-state index < -0.39 is 17.7 Å². The first-order valence-electron chi connectivity index (χ1n) is 9.41. The summed E-state index contributed by atoms with van der Waals surface area (Å²) in [6, 6.07) is 20.7. The van der Waals surface area contributed by atoms with Gasteiger partial charge in [-0.3, -0.25) is 9.59 Å². The summed E-state index contributed by atoms with van der Waals surface area (Å²) in [7, 11) is 1.58. The number of amides is 1. The van der Waals surface area contributed by atoms with E-state index in [2.05, 4.69) is 0 Å². The van der Waals surface area contributed by atoms with Crippen LogP contribution in [-0.4, -0.2) is 24.8 Å². The second-order valence-electron chi connectivity index (χ2n) is 6.81. The van der Waals surface area contributed by atoms with Gasteiger partial charge in [0, 0.05) is 11.1 Å². The molecule has 0 N–H and O–H groups in total. The summed E-state index contributed by atoms with van der Waals surface area (Å²) in [5.41, 5.74) is 2.62. The van der Waals surface area contributed by atoms with Gasteiger partial charge in [-0.1, -0.05) is 48.5 Å². The molecule has 3 aromatic rings. The van der Waals surface area contributed by atoms with Gasteiger partial charge in [-0.15, -0.1) is 0 Å². The van der Waals surface area contributed by atoms with E-state index in [0.29, 0.717) is 28.1 Å². The van der Waals surface area contributed by atoms with Crippen molar-refractivity contribution in [2.24, 2.45) is 0 Å². The van der Waals surface area contributed by atoms with Crippen molar-refractivity contribution in [1.82, 2.24) is 0 Å². The van der Waals surface area contributed by atoms with E-state index in [9.17, 15) is 14.4 Å². The Kier molecular flexibility index (Phi) is 5.30. The molecule has 0 radical (unpaired) electrons. The molecule has 1 amide bonds. The van der Waals surface area contributed by atoms with Crippen LogP contribution in [0.15, 0.2) is 72.8 Å². The van der Waals surface area contributed by atoms with Crippen molar-refractivity contribution in [3.8, 4) is 5.75 Å². The van der Waals surface area contributed by atoms with Gasteiger partial charge in [0.2, 0.25) is 0 Å². The number of hydrogen-bond acceptors (Lipinski definition) is 5. The Labute approximate surface area is 173 Å². The molecule has 0 atom stereocenters. The summed E-state index contributed by atoms with van der Waals surface area (Å²) >= 11 is 0. The maximum atomic E-state index is 13.3. The molecule has 1 heterocycles. The molecule has 1 aliphatic rings. The minimum absolute atomic E-state index is 0.0657. The summed E-state index contributed by atoms with van der Waals surface area (Å²) in [6.45, 7) is 0.225. The van der Waals surface area contributed by atoms with Crippen LogP contribution in [0.3, 0.4) is 0 Å². The molecule has 0 spiro atoms. The van der Waals surface area contributed by atoms with Gasteiger partial charge in [0.05, 0.1) is 24.9 Å². The van der Waals surface area contributed by atoms with Gasteiger partial charge in [-0.25, -0.2) is 4.79 Å². The molecule has 0 fully saturated rings. The van der Waals surface area contributed by atoms with Gasteiger partial charge in [0.25, 0.3) is 11.7 Å². The molecule has 0 unspecified atom stereocenters. The summed E-state index contributed by atoms with van der Waals surface area (Å²) in [5.74, 6) is -1.04. The van der Waals surface area contributed by atoms with Crippen molar-refractivity contribution in [2.45, 2.75) is 13.2 Å². The van der Waals surface area contributed by atoms with E-state index >= 15 is 0 Å². The van der Waals surface area contributed by atoms with E-state index in [0.717, 1.165) is 5.56 Å². The molecule has 3 aromatic carbocycles. The number of esters is 1. The first kappa shape index (κ1) is 19.4. The van der Waals surface area contributed by atoms with Crippen molar-refractivity contribution in [3.63, 3.8) is 0 Å². The first-order chi connectivity index (χ1) is 14.6. The van der Waals surface area contributed by atoms with Gasteiger partial charge in [0.15, 0.2) is 0 Å². The predicted molar refractivity (Wildman–Crippen MR) is 111 cm³/mol. The number of Topliss-reactive ketones (excluding diaryl/α,β-unsaturated/α-hetero) is 1. The number of carbonyl (C=O) groups is 3. The third-order valence-electron chi connectivity index (χ3n) is 4.98. The second-order valence-corrected chi connectivity index (χ2v) is 6.81. The number of rotatable bonds is 6. The molecule has 6 nitrogen and oxygen atoms in total. The molecule has 1 aliphatic heterocycles. The highest BCUT2D eigenvalue weighted by Crippen LogP contribution is 2.31. The average Bonchev–Trinajstić information content (AvgIpc) is 3.18. The molecule has 6 heteroatoms. The Morgan fingerprint density at radius 3 is 2.40 bits per heavy atom. The largest absolute Gasteiger partial charge is 0.497 e. The number of anilines is 1. The number of fused-ring (bicyclic) bond motifs is 1. The molecule has 30 heavy (non-hydrogen) atoms. The monoisotopic (exact) mass is 401 g/mol. The van der Waals surface area contributed by atoms with Crippen LogP contribution in [0.1, 0.15) is 31.8 Å². The lowest BCUT2D eigenvalue weighted by Gasteiger charge is -2.24. The lowest BCUT2D eigenvalue weighted by molar-refractivity contribution is -0.114. The molecule has 0 bridgehead atoms. The normalized spacial score (nSPS) is 12.1. The van der Waals surface area contributed by atoms with E-state index in [4.69, 9.17) is 9.47 Å². The van der Waals surface area contributed by atoms with Gasteiger partial charge < -0.3 is 14.4 Å². The maximum absolute atomic E-state index is 13.3. The van der Waals surface area contributed by atoms with Crippen LogP contribution in [0.2, 0.25) is 0 Å². The number of cyclic esters (lactones) is 1. The second kappa shape index (κ2) is 8.21. The summed E-state index contributed by atoms with van der Waals surface area (Å²) in [4.78, 5) is 39.6. The van der Waals surface area contributed by atoms with Gasteiger partial charge in [-0.2, -0.15) is 0 Å². The van der Waals surface area contributed by atoms with E-state index in [1.807, 2.05) is 12.1 Å². The molecule has 0 aromatic heterocycles. The third kappa shape index (κ3) is 3.67. The van der Waals surface area contributed by atoms with Crippen LogP contribution in [0.5, 0.6) is 5.75 Å². The molecular weight excluding hydrogens is 382 g/mol. The first-order valence-corrected chi connectivity index (χ1v) is 9.41. The topological polar surface area (TPSA) is 72.9 Å². The van der Waals surface area contributed by atoms with Gasteiger partial charge in [-0.05, 0) is 29.8 Å². The van der Waals surface area contributed by atoms with E-state index in [1.165, 1.54) is 4.90 Å². The van der Waals surface area contributed by atoms with Crippen molar-refractivity contribution in [1.29, 1.82) is 0 Å². The third-order valence-corrected chi connectivity index (χ3v) is 4.98. The predicted octanol–water partition coefficient (Wildman–Crippen LogP) is 3.78. The van der Waals surface area contributed by atoms with Crippen LogP contribution < -0.4 is 9.64 Å². The Balaban J connectivity index is 1.74. The highest BCUT2D eigenvalue weighted by Gasteiger charge is 2.31. The standard InChI is InChI=1S/C24H19NO5/c1-29-18-12-10-16(11-13-18)14-25(23(27)22(26)17-6-3-2-4-7-17)21-9-5-8-19-20(21)15-30-24(19)28/h2-13H,14-15H2,1H3. The molecule has 150 valence electrons. The zero-order valence-corrected chi connectivity index (χ0v) is 16.3. The quantitative estimate of drug-likeness (QED) is 0.357. The Morgan fingerprint density at radius 1 is 0.967 bits per heavy atom. The zero-order valence-electron chi connectivity index (χ0n) is 16.3. The van der Waals surface area contributed by atoms with Crippen molar-refractivity contribution >= 4 is 23.3 Å². The van der Waals surface area contributed by atoms with Gasteiger partial charge >= 0.3 is 5.97 Å². The molecule has 0 aliphatic carbocycles. The van der Waals surface area contributed by atoms with Crippen LogP contribution in [0, 0.1) is 0 Å². The lowest BCUT2D eigenvalue weighted by Crippen LogP contribution is -2.37. The van der Waals surface area contributed by atoms with Crippen molar-refractivity contribution in [3.05, 3.63) is 95.1 Å². The Bertz CT molecular complexity index is 1110. The number of ether oxygens (including phenoxy) is 2. The minimum Gasteiger partial charge on any atom is -0.497 e.